The average molecular weight is 442 g/mol. The molecular formula is C22H19NO5S2. The number of benzene rings is 2. The Balaban J connectivity index is 1.52. The molecule has 5 rings (SSSR count). The quantitative estimate of drug-likeness (QED) is 0.485. The van der Waals surface area contributed by atoms with E-state index in [1.54, 1.807) is 6.07 Å². The highest BCUT2D eigenvalue weighted by atomic mass is 32.2. The summed E-state index contributed by atoms with van der Waals surface area (Å²) in [4.78, 5) is 0.114. The van der Waals surface area contributed by atoms with Crippen LogP contribution in [-0.4, -0.2) is 21.6 Å². The van der Waals surface area contributed by atoms with E-state index in [4.69, 9.17) is 13.9 Å². The number of thiophene rings is 1. The summed E-state index contributed by atoms with van der Waals surface area (Å²) in [6.07, 6.45) is 0.751. The number of rotatable bonds is 5. The standard InChI is InChI=1S/C22H19NO5S2/c24-30(25,17-6-7-19-20(13-17)27-10-3-9-26-19)23-22(16-8-11-29-14-16)21-12-15-4-1-2-5-18(15)28-21/h1-2,4-8,11-14,22-23H,3,9-10H2/t22-/m1/s1. The molecule has 8 heteroatoms. The molecule has 1 aliphatic rings. The first-order chi connectivity index (χ1) is 14.6. The lowest BCUT2D eigenvalue weighted by Crippen LogP contribution is -2.29. The number of sulfonamides is 1. The zero-order valence-corrected chi connectivity index (χ0v) is 17.5. The van der Waals surface area contributed by atoms with Crippen molar-refractivity contribution in [1.82, 2.24) is 4.72 Å². The lowest BCUT2D eigenvalue weighted by atomic mass is 10.1. The van der Waals surface area contributed by atoms with E-state index in [2.05, 4.69) is 4.72 Å². The highest BCUT2D eigenvalue weighted by molar-refractivity contribution is 7.89. The fourth-order valence-corrected chi connectivity index (χ4v) is 5.30. The van der Waals surface area contributed by atoms with Crippen molar-refractivity contribution >= 4 is 32.3 Å². The van der Waals surface area contributed by atoms with Gasteiger partial charge in [0.1, 0.15) is 17.4 Å². The SMILES string of the molecule is O=S(=O)(N[C@H](c1ccsc1)c1cc2ccccc2o1)c1ccc2c(c1)OCCCO2. The van der Waals surface area contributed by atoms with Crippen molar-refractivity contribution in [3.8, 4) is 11.5 Å². The van der Waals surface area contributed by atoms with Crippen molar-refractivity contribution in [1.29, 1.82) is 0 Å². The van der Waals surface area contributed by atoms with Crippen LogP contribution in [0.2, 0.25) is 0 Å². The van der Waals surface area contributed by atoms with Gasteiger partial charge in [-0.05, 0) is 46.7 Å². The maximum Gasteiger partial charge on any atom is 0.241 e. The van der Waals surface area contributed by atoms with Gasteiger partial charge in [-0.1, -0.05) is 18.2 Å². The molecule has 3 heterocycles. The Bertz CT molecular complexity index is 1250. The molecule has 1 aliphatic heterocycles. The molecule has 30 heavy (non-hydrogen) atoms. The third-order valence-electron chi connectivity index (χ3n) is 4.91. The predicted octanol–water partition coefficient (Wildman–Crippen LogP) is 4.72. The van der Waals surface area contributed by atoms with E-state index < -0.39 is 16.1 Å². The second-order valence-electron chi connectivity index (χ2n) is 6.96. The van der Waals surface area contributed by atoms with E-state index in [-0.39, 0.29) is 4.90 Å². The van der Waals surface area contributed by atoms with Crippen LogP contribution in [0.5, 0.6) is 11.5 Å². The summed E-state index contributed by atoms with van der Waals surface area (Å²) < 4.78 is 46.5. The van der Waals surface area contributed by atoms with Crippen molar-refractivity contribution in [2.75, 3.05) is 13.2 Å². The molecule has 1 atom stereocenters. The smallest absolute Gasteiger partial charge is 0.241 e. The second kappa shape index (κ2) is 7.79. The fourth-order valence-electron chi connectivity index (χ4n) is 3.41. The first kappa shape index (κ1) is 19.2. The number of nitrogens with one attached hydrogen (secondary N) is 1. The van der Waals surface area contributed by atoms with Crippen molar-refractivity contribution in [3.63, 3.8) is 0 Å². The summed E-state index contributed by atoms with van der Waals surface area (Å²) in [7, 11) is -3.86. The summed E-state index contributed by atoms with van der Waals surface area (Å²) in [5, 5.41) is 4.74. The van der Waals surface area contributed by atoms with Crippen LogP contribution in [0.25, 0.3) is 11.0 Å². The highest BCUT2D eigenvalue weighted by Crippen LogP contribution is 2.34. The van der Waals surface area contributed by atoms with Gasteiger partial charge in [0.05, 0.1) is 18.1 Å². The van der Waals surface area contributed by atoms with Gasteiger partial charge >= 0.3 is 0 Å². The van der Waals surface area contributed by atoms with Gasteiger partial charge in [0.15, 0.2) is 11.5 Å². The summed E-state index contributed by atoms with van der Waals surface area (Å²) in [5.41, 5.74) is 1.53. The van der Waals surface area contributed by atoms with Gasteiger partial charge in [-0.15, -0.1) is 0 Å². The molecule has 1 N–H and O–H groups in total. The van der Waals surface area contributed by atoms with E-state index in [1.807, 2.05) is 47.2 Å². The van der Waals surface area contributed by atoms with Crippen LogP contribution in [0.4, 0.5) is 0 Å². The largest absolute Gasteiger partial charge is 0.490 e. The van der Waals surface area contributed by atoms with Gasteiger partial charge in [0.2, 0.25) is 10.0 Å². The first-order valence-corrected chi connectivity index (χ1v) is 12.0. The molecule has 2 aromatic carbocycles. The van der Waals surface area contributed by atoms with Crippen molar-refractivity contribution < 1.29 is 22.3 Å². The molecule has 0 amide bonds. The molecule has 0 aliphatic carbocycles. The van der Waals surface area contributed by atoms with Crippen LogP contribution in [0, 0.1) is 0 Å². The Morgan fingerprint density at radius 2 is 1.80 bits per heavy atom. The Hall–Kier alpha value is -2.81. The van der Waals surface area contributed by atoms with Crippen LogP contribution in [-0.2, 0) is 10.0 Å². The van der Waals surface area contributed by atoms with E-state index in [0.717, 1.165) is 17.4 Å². The van der Waals surface area contributed by atoms with Crippen LogP contribution in [0.15, 0.2) is 74.7 Å². The van der Waals surface area contributed by atoms with Gasteiger partial charge in [-0.2, -0.15) is 16.1 Å². The molecule has 0 bridgehead atoms. The lowest BCUT2D eigenvalue weighted by molar-refractivity contribution is 0.297. The van der Waals surface area contributed by atoms with Gasteiger partial charge in [0, 0.05) is 17.9 Å². The van der Waals surface area contributed by atoms with E-state index in [9.17, 15) is 8.42 Å². The summed E-state index contributed by atoms with van der Waals surface area (Å²) in [5.74, 6) is 1.52. The molecule has 4 aromatic rings. The molecule has 0 radical (unpaired) electrons. The molecular weight excluding hydrogens is 422 g/mol. The molecule has 6 nitrogen and oxygen atoms in total. The number of ether oxygens (including phenoxy) is 2. The zero-order chi connectivity index (χ0) is 20.6. The highest BCUT2D eigenvalue weighted by Gasteiger charge is 2.27. The van der Waals surface area contributed by atoms with Crippen molar-refractivity contribution in [3.05, 3.63) is 76.7 Å². The minimum absolute atomic E-state index is 0.114. The van der Waals surface area contributed by atoms with Crippen LogP contribution >= 0.6 is 11.3 Å². The molecule has 2 aromatic heterocycles. The lowest BCUT2D eigenvalue weighted by Gasteiger charge is -2.17. The Kier molecular flexibility index (Phi) is 4.98. The molecule has 0 saturated carbocycles. The Labute approximate surface area is 178 Å². The molecule has 154 valence electrons. The van der Waals surface area contributed by atoms with Crippen LogP contribution in [0.3, 0.4) is 0 Å². The summed E-state index contributed by atoms with van der Waals surface area (Å²) in [6, 6.07) is 15.4. The summed E-state index contributed by atoms with van der Waals surface area (Å²) >= 11 is 1.50. The van der Waals surface area contributed by atoms with Gasteiger partial charge in [-0.25, -0.2) is 8.42 Å². The molecule has 0 saturated heterocycles. The Morgan fingerprint density at radius 1 is 0.967 bits per heavy atom. The van der Waals surface area contributed by atoms with Gasteiger partial charge in [-0.3, -0.25) is 0 Å². The Morgan fingerprint density at radius 3 is 2.60 bits per heavy atom. The topological polar surface area (TPSA) is 77.8 Å². The van der Waals surface area contributed by atoms with E-state index in [0.29, 0.717) is 36.1 Å². The predicted molar refractivity (Wildman–Crippen MR) is 115 cm³/mol. The fraction of sp³-hybridized carbons (Fsp3) is 0.182. The maximum absolute atomic E-state index is 13.3. The summed E-state index contributed by atoms with van der Waals surface area (Å²) in [6.45, 7) is 1.03. The number of hydrogen-bond acceptors (Lipinski definition) is 6. The second-order valence-corrected chi connectivity index (χ2v) is 9.45. The molecule has 0 fully saturated rings. The monoisotopic (exact) mass is 441 g/mol. The number of hydrogen-bond donors (Lipinski definition) is 1. The number of fused-ring (bicyclic) bond motifs is 2. The number of para-hydroxylation sites is 1. The maximum atomic E-state index is 13.3. The van der Waals surface area contributed by atoms with Gasteiger partial charge in [0.25, 0.3) is 0 Å². The van der Waals surface area contributed by atoms with Crippen molar-refractivity contribution in [2.24, 2.45) is 0 Å². The van der Waals surface area contributed by atoms with E-state index >= 15 is 0 Å². The van der Waals surface area contributed by atoms with Crippen LogP contribution < -0.4 is 14.2 Å². The number of furan rings is 1. The van der Waals surface area contributed by atoms with Crippen molar-refractivity contribution in [2.45, 2.75) is 17.4 Å². The minimum atomic E-state index is -3.86. The third-order valence-corrected chi connectivity index (χ3v) is 7.03. The molecule has 0 spiro atoms. The zero-order valence-electron chi connectivity index (χ0n) is 15.9. The average Bonchev–Trinajstić information content (AvgIpc) is 3.37. The third kappa shape index (κ3) is 3.69. The van der Waals surface area contributed by atoms with Crippen LogP contribution in [0.1, 0.15) is 23.8 Å². The van der Waals surface area contributed by atoms with Gasteiger partial charge < -0.3 is 13.9 Å². The molecule has 0 unspecified atom stereocenters. The minimum Gasteiger partial charge on any atom is -0.490 e. The van der Waals surface area contributed by atoms with E-state index in [1.165, 1.54) is 23.5 Å². The normalized spacial score (nSPS) is 15.1. The first-order valence-electron chi connectivity index (χ1n) is 9.53.